The predicted octanol–water partition coefficient (Wildman–Crippen LogP) is 3.61. The van der Waals surface area contributed by atoms with Gasteiger partial charge in [0.25, 0.3) is 5.91 Å². The third-order valence-corrected chi connectivity index (χ3v) is 4.46. The molecule has 0 aliphatic rings. The van der Waals surface area contributed by atoms with Gasteiger partial charge in [0.05, 0.1) is 18.5 Å². The van der Waals surface area contributed by atoms with Crippen molar-refractivity contribution in [1.82, 2.24) is 15.6 Å². The zero-order valence-electron chi connectivity index (χ0n) is 17.1. The number of rotatable bonds is 7. The number of hydrazone groups is 1. The van der Waals surface area contributed by atoms with Crippen LogP contribution >= 0.6 is 0 Å². The summed E-state index contributed by atoms with van der Waals surface area (Å²) < 4.78 is 5.46. The number of hydrogen-bond donors (Lipinski definition) is 2. The normalized spacial score (nSPS) is 10.9. The van der Waals surface area contributed by atoms with Crippen molar-refractivity contribution < 1.29 is 9.53 Å². The Morgan fingerprint density at radius 3 is 2.48 bits per heavy atom. The van der Waals surface area contributed by atoms with Crippen LogP contribution in [0.25, 0.3) is 11.3 Å². The molecular weight excluding hydrogens is 366 g/mol. The molecule has 7 heteroatoms. The molecule has 2 aromatic carbocycles. The molecule has 0 fully saturated rings. The number of carbonyl (C=O) groups is 1. The van der Waals surface area contributed by atoms with E-state index >= 15 is 0 Å². The smallest absolute Gasteiger partial charge is 0.289 e. The van der Waals surface area contributed by atoms with E-state index in [4.69, 9.17) is 4.74 Å². The molecule has 0 unspecified atom stereocenters. The standard InChI is InChI=1S/C22H25N5O2/c1-5-29-19-12-8-17(9-13-19)20-15(2)21(25-24-20)22(28)26-23-14-16-6-10-18(11-7-16)27(3)4/h6-14H,5H2,1-4H3,(H,24,25)(H,26,28)/b23-14+. The summed E-state index contributed by atoms with van der Waals surface area (Å²) in [6.45, 7) is 4.41. The molecular formula is C22H25N5O2. The third-order valence-electron chi connectivity index (χ3n) is 4.46. The summed E-state index contributed by atoms with van der Waals surface area (Å²) in [6, 6.07) is 15.5. The summed E-state index contributed by atoms with van der Waals surface area (Å²) in [5.74, 6) is 0.462. The minimum Gasteiger partial charge on any atom is -0.494 e. The minimum atomic E-state index is -0.339. The van der Waals surface area contributed by atoms with Crippen LogP contribution in [0.5, 0.6) is 5.75 Å². The van der Waals surface area contributed by atoms with E-state index in [-0.39, 0.29) is 5.91 Å². The first-order valence-corrected chi connectivity index (χ1v) is 9.38. The number of carbonyl (C=O) groups excluding carboxylic acids is 1. The highest BCUT2D eigenvalue weighted by Crippen LogP contribution is 2.25. The molecule has 0 saturated carbocycles. The summed E-state index contributed by atoms with van der Waals surface area (Å²) in [6.07, 6.45) is 1.61. The van der Waals surface area contributed by atoms with Crippen molar-refractivity contribution in [1.29, 1.82) is 0 Å². The lowest BCUT2D eigenvalue weighted by atomic mass is 10.1. The van der Waals surface area contributed by atoms with Crippen LogP contribution in [0, 0.1) is 6.92 Å². The van der Waals surface area contributed by atoms with E-state index in [1.54, 1.807) is 6.21 Å². The van der Waals surface area contributed by atoms with Crippen LogP contribution in [-0.2, 0) is 0 Å². The van der Waals surface area contributed by atoms with Crippen molar-refractivity contribution >= 4 is 17.8 Å². The average Bonchev–Trinajstić information content (AvgIpc) is 3.10. The van der Waals surface area contributed by atoms with E-state index in [1.807, 2.05) is 81.4 Å². The molecule has 0 radical (unpaired) electrons. The number of H-pyrrole nitrogens is 1. The maximum Gasteiger partial charge on any atom is 0.289 e. The van der Waals surface area contributed by atoms with Crippen molar-refractivity contribution in [2.45, 2.75) is 13.8 Å². The summed E-state index contributed by atoms with van der Waals surface area (Å²) >= 11 is 0. The fraction of sp³-hybridized carbons (Fsp3) is 0.227. The second-order valence-electron chi connectivity index (χ2n) is 6.71. The Morgan fingerprint density at radius 2 is 1.86 bits per heavy atom. The van der Waals surface area contributed by atoms with E-state index < -0.39 is 0 Å². The van der Waals surface area contributed by atoms with Gasteiger partial charge in [-0.1, -0.05) is 12.1 Å². The van der Waals surface area contributed by atoms with Crippen LogP contribution in [0.1, 0.15) is 28.5 Å². The van der Waals surface area contributed by atoms with Gasteiger partial charge in [0.2, 0.25) is 0 Å². The first kappa shape index (κ1) is 20.1. The average molecular weight is 391 g/mol. The number of hydrogen-bond acceptors (Lipinski definition) is 5. The molecule has 1 aromatic heterocycles. The van der Waals surface area contributed by atoms with Gasteiger partial charge < -0.3 is 9.64 Å². The fourth-order valence-electron chi connectivity index (χ4n) is 2.86. The summed E-state index contributed by atoms with van der Waals surface area (Å²) in [4.78, 5) is 14.5. The van der Waals surface area contributed by atoms with Crippen LogP contribution in [0.4, 0.5) is 5.69 Å². The third kappa shape index (κ3) is 4.82. The van der Waals surface area contributed by atoms with Gasteiger partial charge in [-0.15, -0.1) is 0 Å². The predicted molar refractivity (Wildman–Crippen MR) is 116 cm³/mol. The Labute approximate surface area is 170 Å². The van der Waals surface area contributed by atoms with Crippen LogP contribution in [0.15, 0.2) is 53.6 Å². The van der Waals surface area contributed by atoms with Crippen molar-refractivity contribution in [2.24, 2.45) is 5.10 Å². The maximum atomic E-state index is 12.5. The first-order chi connectivity index (χ1) is 14.0. The summed E-state index contributed by atoms with van der Waals surface area (Å²) in [5, 5.41) is 11.1. The Hall–Kier alpha value is -3.61. The van der Waals surface area contributed by atoms with Crippen LogP contribution in [0.2, 0.25) is 0 Å². The van der Waals surface area contributed by atoms with Crippen LogP contribution in [-0.4, -0.2) is 43.0 Å². The highest BCUT2D eigenvalue weighted by Gasteiger charge is 2.16. The lowest BCUT2D eigenvalue weighted by Crippen LogP contribution is -2.19. The first-order valence-electron chi connectivity index (χ1n) is 9.38. The van der Waals surface area contributed by atoms with Gasteiger partial charge in [-0.25, -0.2) is 5.43 Å². The number of aromatic nitrogens is 2. The second-order valence-corrected chi connectivity index (χ2v) is 6.71. The number of nitrogens with zero attached hydrogens (tertiary/aromatic N) is 3. The van der Waals surface area contributed by atoms with Crippen molar-refractivity contribution in [2.75, 3.05) is 25.6 Å². The Morgan fingerprint density at radius 1 is 1.17 bits per heavy atom. The Bertz CT molecular complexity index is 989. The fourth-order valence-corrected chi connectivity index (χ4v) is 2.86. The number of anilines is 1. The van der Waals surface area contributed by atoms with Gasteiger partial charge in [0.15, 0.2) is 0 Å². The van der Waals surface area contributed by atoms with E-state index in [2.05, 4.69) is 20.7 Å². The SMILES string of the molecule is CCOc1ccc(-c2n[nH]c(C(=O)N/N=C/c3ccc(N(C)C)cc3)c2C)cc1. The van der Waals surface area contributed by atoms with Gasteiger partial charge in [-0.05, 0) is 55.8 Å². The van der Waals surface area contributed by atoms with Gasteiger partial charge in [0.1, 0.15) is 11.4 Å². The highest BCUT2D eigenvalue weighted by molar-refractivity contribution is 5.96. The molecule has 1 heterocycles. The maximum absolute atomic E-state index is 12.5. The molecule has 3 rings (SSSR count). The summed E-state index contributed by atoms with van der Waals surface area (Å²) in [5.41, 5.74) is 7.32. The molecule has 29 heavy (non-hydrogen) atoms. The van der Waals surface area contributed by atoms with Crippen LogP contribution in [0.3, 0.4) is 0 Å². The molecule has 3 aromatic rings. The lowest BCUT2D eigenvalue weighted by molar-refractivity contribution is 0.0949. The number of nitrogens with one attached hydrogen (secondary N) is 2. The van der Waals surface area contributed by atoms with Crippen molar-refractivity contribution in [3.05, 3.63) is 65.4 Å². The van der Waals surface area contributed by atoms with Crippen LogP contribution < -0.4 is 15.1 Å². The van der Waals surface area contributed by atoms with Crippen molar-refractivity contribution in [3.8, 4) is 17.0 Å². The van der Waals surface area contributed by atoms with Gasteiger partial charge in [-0.2, -0.15) is 10.2 Å². The molecule has 2 N–H and O–H groups in total. The molecule has 0 spiro atoms. The molecule has 0 aliphatic carbocycles. The zero-order valence-corrected chi connectivity index (χ0v) is 17.1. The molecule has 0 bridgehead atoms. The molecule has 150 valence electrons. The number of amides is 1. The van der Waals surface area contributed by atoms with Gasteiger partial charge in [-0.3, -0.25) is 9.89 Å². The minimum absolute atomic E-state index is 0.339. The molecule has 0 aliphatic heterocycles. The quantitative estimate of drug-likeness (QED) is 0.476. The lowest BCUT2D eigenvalue weighted by Gasteiger charge is -2.11. The van der Waals surface area contributed by atoms with E-state index in [0.717, 1.165) is 33.8 Å². The largest absolute Gasteiger partial charge is 0.494 e. The molecule has 0 saturated heterocycles. The molecule has 7 nitrogen and oxygen atoms in total. The Kier molecular flexibility index (Phi) is 6.29. The summed E-state index contributed by atoms with van der Waals surface area (Å²) in [7, 11) is 3.97. The highest BCUT2D eigenvalue weighted by atomic mass is 16.5. The molecule has 1 amide bonds. The van der Waals surface area contributed by atoms with Crippen molar-refractivity contribution in [3.63, 3.8) is 0 Å². The van der Waals surface area contributed by atoms with Gasteiger partial charge >= 0.3 is 0 Å². The monoisotopic (exact) mass is 391 g/mol. The van der Waals surface area contributed by atoms with E-state index in [1.165, 1.54) is 0 Å². The number of benzene rings is 2. The number of aromatic amines is 1. The Balaban J connectivity index is 1.67. The zero-order chi connectivity index (χ0) is 20.8. The topological polar surface area (TPSA) is 82.6 Å². The van der Waals surface area contributed by atoms with E-state index in [0.29, 0.717) is 12.3 Å². The molecule has 0 atom stereocenters. The van der Waals surface area contributed by atoms with E-state index in [9.17, 15) is 4.79 Å². The van der Waals surface area contributed by atoms with Gasteiger partial charge in [0, 0.05) is 30.9 Å². The second kappa shape index (κ2) is 9.05. The number of ether oxygens (including phenoxy) is 1.